The van der Waals surface area contributed by atoms with E-state index in [1.165, 1.54) is 24.3 Å². The molecule has 1 aliphatic carbocycles. The van der Waals surface area contributed by atoms with Crippen molar-refractivity contribution in [2.24, 2.45) is 0 Å². The molecule has 1 heterocycles. The summed E-state index contributed by atoms with van der Waals surface area (Å²) in [6, 6.07) is 4.42. The molecule has 2 atom stereocenters. The normalized spacial score (nSPS) is 23.7. The molecule has 1 aromatic rings. The maximum atomic E-state index is 12.6. The lowest BCUT2D eigenvalue weighted by molar-refractivity contribution is -0.139. The number of Topliss-reactive ketones (excluding diaryl/α,β-unsaturated/α-hetero) is 1. The molecule has 114 valence electrons. The molecule has 0 aromatic heterocycles. The summed E-state index contributed by atoms with van der Waals surface area (Å²) in [6.07, 6.45) is -0.222. The van der Waals surface area contributed by atoms with Crippen LogP contribution in [-0.2, 0) is 9.53 Å². The van der Waals surface area contributed by atoms with Crippen LogP contribution in [0.25, 0.3) is 5.76 Å². The van der Waals surface area contributed by atoms with Gasteiger partial charge in [-0.05, 0) is 19.1 Å². The summed E-state index contributed by atoms with van der Waals surface area (Å²) in [5.41, 5.74) is 0.795. The molecule has 3 rings (SSSR count). The Morgan fingerprint density at radius 1 is 1.32 bits per heavy atom. The van der Waals surface area contributed by atoms with Crippen LogP contribution >= 0.6 is 0 Å². The number of phenols is 1. The smallest absolute Gasteiger partial charge is 0.306 e. The fraction of sp³-hybridized carbons (Fsp3) is 0.250. The van der Waals surface area contributed by atoms with Crippen LogP contribution in [0.15, 0.2) is 35.4 Å². The van der Waals surface area contributed by atoms with E-state index >= 15 is 0 Å². The highest BCUT2D eigenvalue weighted by Gasteiger charge is 2.38. The number of aromatic hydroxyl groups is 1. The number of rotatable bonds is 2. The third-order valence-electron chi connectivity index (χ3n) is 3.83. The highest BCUT2D eigenvalue weighted by atomic mass is 16.5. The van der Waals surface area contributed by atoms with Crippen molar-refractivity contribution in [3.05, 3.63) is 46.5 Å². The lowest BCUT2D eigenvalue weighted by atomic mass is 9.81. The van der Waals surface area contributed by atoms with E-state index in [1.54, 1.807) is 6.92 Å². The van der Waals surface area contributed by atoms with Crippen LogP contribution in [0.5, 0.6) is 5.75 Å². The van der Waals surface area contributed by atoms with Crippen LogP contribution in [0, 0.1) is 0 Å². The zero-order valence-corrected chi connectivity index (χ0v) is 11.7. The number of phenolic OH excluding ortho intramolecular Hbond substituents is 1. The average molecular weight is 302 g/mol. The van der Waals surface area contributed by atoms with Crippen molar-refractivity contribution in [1.29, 1.82) is 0 Å². The van der Waals surface area contributed by atoms with Gasteiger partial charge < -0.3 is 20.1 Å². The predicted molar refractivity (Wildman–Crippen MR) is 76.7 cm³/mol. The maximum absolute atomic E-state index is 12.6. The van der Waals surface area contributed by atoms with Crippen LogP contribution < -0.4 is 0 Å². The third-order valence-corrected chi connectivity index (χ3v) is 3.83. The second-order valence-electron chi connectivity index (χ2n) is 5.29. The molecule has 0 saturated carbocycles. The number of benzene rings is 1. The van der Waals surface area contributed by atoms with E-state index in [0.29, 0.717) is 0 Å². The van der Waals surface area contributed by atoms with Gasteiger partial charge >= 0.3 is 5.97 Å². The van der Waals surface area contributed by atoms with E-state index in [0.717, 1.165) is 0 Å². The Balaban J connectivity index is 2.18. The first-order valence-corrected chi connectivity index (χ1v) is 6.79. The second kappa shape index (κ2) is 4.99. The fourth-order valence-electron chi connectivity index (χ4n) is 2.92. The summed E-state index contributed by atoms with van der Waals surface area (Å²) in [5, 5.41) is 29.2. The Morgan fingerprint density at radius 2 is 2.05 bits per heavy atom. The van der Waals surface area contributed by atoms with Crippen molar-refractivity contribution in [1.82, 2.24) is 0 Å². The Bertz CT molecular complexity index is 743. The number of aliphatic hydroxyl groups excluding tert-OH is 1. The molecule has 1 aliphatic heterocycles. The molecule has 0 saturated heterocycles. The van der Waals surface area contributed by atoms with Crippen LogP contribution in [0.3, 0.4) is 0 Å². The van der Waals surface area contributed by atoms with E-state index in [-0.39, 0.29) is 46.0 Å². The number of carboxylic acid groups (broad SMARTS) is 1. The third kappa shape index (κ3) is 2.08. The average Bonchev–Trinajstić information content (AvgIpc) is 2.43. The SMILES string of the molecule is C[C@H]1O[C@H](CC(=O)O)C=C2C(=O)c3cccc(O)c3C(O)=C21. The van der Waals surface area contributed by atoms with E-state index in [4.69, 9.17) is 9.84 Å². The van der Waals surface area contributed by atoms with Crippen molar-refractivity contribution >= 4 is 17.5 Å². The van der Waals surface area contributed by atoms with Gasteiger partial charge in [-0.2, -0.15) is 0 Å². The molecular formula is C16H14O6. The summed E-state index contributed by atoms with van der Waals surface area (Å²) in [6.45, 7) is 1.63. The first-order chi connectivity index (χ1) is 10.4. The number of carbonyl (C=O) groups is 2. The molecule has 0 bridgehead atoms. The zero-order valence-electron chi connectivity index (χ0n) is 11.7. The number of carbonyl (C=O) groups excluding carboxylic acids is 1. The molecule has 0 spiro atoms. The van der Waals surface area contributed by atoms with Crippen molar-refractivity contribution in [2.45, 2.75) is 25.6 Å². The van der Waals surface area contributed by atoms with Gasteiger partial charge in [-0.25, -0.2) is 0 Å². The van der Waals surface area contributed by atoms with Crippen LogP contribution in [0.1, 0.15) is 29.3 Å². The number of hydrogen-bond acceptors (Lipinski definition) is 5. The number of aliphatic hydroxyl groups is 1. The highest BCUT2D eigenvalue weighted by molar-refractivity contribution is 6.18. The van der Waals surface area contributed by atoms with Gasteiger partial charge in [0.1, 0.15) is 11.5 Å². The zero-order chi connectivity index (χ0) is 16.0. The van der Waals surface area contributed by atoms with Gasteiger partial charge in [0.15, 0.2) is 5.78 Å². The van der Waals surface area contributed by atoms with Crippen molar-refractivity contribution in [3.8, 4) is 5.75 Å². The highest BCUT2D eigenvalue weighted by Crippen LogP contribution is 2.42. The van der Waals surface area contributed by atoms with Gasteiger partial charge in [0.25, 0.3) is 0 Å². The number of aliphatic carboxylic acids is 1. The lowest BCUT2D eigenvalue weighted by Gasteiger charge is -2.32. The van der Waals surface area contributed by atoms with Crippen LogP contribution in [0.2, 0.25) is 0 Å². The monoisotopic (exact) mass is 302 g/mol. The molecule has 0 fully saturated rings. The molecular weight excluding hydrogens is 288 g/mol. The van der Waals surface area contributed by atoms with Crippen LogP contribution in [-0.4, -0.2) is 39.3 Å². The molecule has 0 unspecified atom stereocenters. The van der Waals surface area contributed by atoms with E-state index in [9.17, 15) is 19.8 Å². The minimum Gasteiger partial charge on any atom is -0.507 e. The minimum atomic E-state index is -1.04. The van der Waals surface area contributed by atoms with E-state index in [2.05, 4.69) is 0 Å². The number of hydrogen-bond donors (Lipinski definition) is 3. The number of carboxylic acids is 1. The minimum absolute atomic E-state index is 0.0896. The Morgan fingerprint density at radius 3 is 2.73 bits per heavy atom. The van der Waals surface area contributed by atoms with Crippen molar-refractivity contribution in [2.75, 3.05) is 0 Å². The molecule has 6 heteroatoms. The first kappa shape index (κ1) is 14.3. The van der Waals surface area contributed by atoms with E-state index < -0.39 is 18.2 Å². The second-order valence-corrected chi connectivity index (χ2v) is 5.29. The summed E-state index contributed by atoms with van der Waals surface area (Å²) in [4.78, 5) is 23.4. The van der Waals surface area contributed by atoms with Gasteiger partial charge in [0, 0.05) is 16.7 Å². The topological polar surface area (TPSA) is 104 Å². The Kier molecular flexibility index (Phi) is 3.26. The molecule has 6 nitrogen and oxygen atoms in total. The standard InChI is InChI=1S/C16H14O6/c1-7-13-10(5-8(22-7)6-12(18)19)15(20)9-3-2-4-11(17)14(9)16(13)21/h2-5,7-8,17,21H,6H2,1H3,(H,18,19)/t7-,8+/m1/s1. The Hall–Kier alpha value is -2.60. The molecule has 3 N–H and O–H groups in total. The molecule has 0 radical (unpaired) electrons. The number of ether oxygens (including phenoxy) is 1. The molecule has 1 aromatic carbocycles. The lowest BCUT2D eigenvalue weighted by Crippen LogP contribution is -2.33. The summed E-state index contributed by atoms with van der Waals surface area (Å²) in [7, 11) is 0. The van der Waals surface area contributed by atoms with Crippen molar-refractivity contribution < 1.29 is 29.6 Å². The quantitative estimate of drug-likeness (QED) is 0.772. The fourth-order valence-corrected chi connectivity index (χ4v) is 2.92. The summed E-state index contributed by atoms with van der Waals surface area (Å²) < 4.78 is 5.53. The predicted octanol–water partition coefficient (Wildman–Crippen LogP) is 2.05. The van der Waals surface area contributed by atoms with Crippen molar-refractivity contribution in [3.63, 3.8) is 0 Å². The van der Waals surface area contributed by atoms with Gasteiger partial charge in [-0.3, -0.25) is 9.59 Å². The van der Waals surface area contributed by atoms with Gasteiger partial charge in [0.2, 0.25) is 0 Å². The van der Waals surface area contributed by atoms with Gasteiger partial charge in [-0.15, -0.1) is 0 Å². The van der Waals surface area contributed by atoms with Gasteiger partial charge in [0.05, 0.1) is 24.2 Å². The summed E-state index contributed by atoms with van der Waals surface area (Å²) in [5.74, 6) is -1.79. The van der Waals surface area contributed by atoms with E-state index in [1.807, 2.05) is 0 Å². The molecule has 0 amide bonds. The van der Waals surface area contributed by atoms with Gasteiger partial charge in [-0.1, -0.05) is 12.1 Å². The number of fused-ring (bicyclic) bond motifs is 2. The largest absolute Gasteiger partial charge is 0.507 e. The Labute approximate surface area is 126 Å². The first-order valence-electron chi connectivity index (χ1n) is 6.79. The summed E-state index contributed by atoms with van der Waals surface area (Å²) >= 11 is 0. The molecule has 2 aliphatic rings. The van der Waals surface area contributed by atoms with Crippen LogP contribution in [0.4, 0.5) is 0 Å². The maximum Gasteiger partial charge on any atom is 0.306 e. The number of ketones is 1. The molecule has 22 heavy (non-hydrogen) atoms.